The maximum atomic E-state index is 13.1. The number of carbonyl (C=O) groups excluding carboxylic acids is 1. The molecule has 2 aromatic heterocycles. The lowest BCUT2D eigenvalue weighted by Gasteiger charge is -2.17. The van der Waals surface area contributed by atoms with E-state index in [1.807, 2.05) is 12.1 Å². The molecule has 1 atom stereocenters. The molecule has 6 heteroatoms. The van der Waals surface area contributed by atoms with Crippen LogP contribution in [-0.4, -0.2) is 22.1 Å². The SMILES string of the molecule is CCOC(=O)c1cccc(Cn2cnc3sc4c(c3c2=O)CC[C@H](C)C4)c1. The van der Waals surface area contributed by atoms with E-state index in [4.69, 9.17) is 4.74 Å². The van der Waals surface area contributed by atoms with Crippen LogP contribution in [0.5, 0.6) is 0 Å². The van der Waals surface area contributed by atoms with Gasteiger partial charge in [0.25, 0.3) is 5.56 Å². The summed E-state index contributed by atoms with van der Waals surface area (Å²) in [4.78, 5) is 31.8. The minimum atomic E-state index is -0.346. The van der Waals surface area contributed by atoms with Crippen LogP contribution in [0.25, 0.3) is 10.2 Å². The number of benzene rings is 1. The summed E-state index contributed by atoms with van der Waals surface area (Å²) in [6, 6.07) is 7.22. The van der Waals surface area contributed by atoms with Crippen molar-refractivity contribution in [1.29, 1.82) is 0 Å². The highest BCUT2D eigenvalue weighted by atomic mass is 32.1. The molecule has 0 spiro atoms. The van der Waals surface area contributed by atoms with Gasteiger partial charge in [0.2, 0.25) is 0 Å². The Morgan fingerprint density at radius 1 is 1.41 bits per heavy atom. The van der Waals surface area contributed by atoms with Crippen molar-refractivity contribution in [2.24, 2.45) is 5.92 Å². The molecule has 0 radical (unpaired) electrons. The number of hydrogen-bond acceptors (Lipinski definition) is 5. The first-order valence-corrected chi connectivity index (χ1v) is 10.1. The summed E-state index contributed by atoms with van der Waals surface area (Å²) in [6.45, 7) is 4.76. The Morgan fingerprint density at radius 2 is 2.26 bits per heavy atom. The first-order chi connectivity index (χ1) is 13.1. The fraction of sp³-hybridized carbons (Fsp3) is 0.381. The number of aromatic nitrogens is 2. The average Bonchev–Trinajstić information content (AvgIpc) is 3.02. The largest absolute Gasteiger partial charge is 0.462 e. The third kappa shape index (κ3) is 3.41. The van der Waals surface area contributed by atoms with Gasteiger partial charge >= 0.3 is 5.97 Å². The number of thiophene rings is 1. The molecule has 0 bridgehead atoms. The van der Waals surface area contributed by atoms with Crippen molar-refractivity contribution in [2.75, 3.05) is 6.61 Å². The zero-order chi connectivity index (χ0) is 19.0. The molecule has 1 aromatic carbocycles. The number of hydrogen-bond donors (Lipinski definition) is 0. The van der Waals surface area contributed by atoms with Gasteiger partial charge in [-0.2, -0.15) is 0 Å². The summed E-state index contributed by atoms with van der Waals surface area (Å²) in [5.41, 5.74) is 2.58. The summed E-state index contributed by atoms with van der Waals surface area (Å²) in [5, 5.41) is 0.783. The van der Waals surface area contributed by atoms with Gasteiger partial charge < -0.3 is 4.74 Å². The molecule has 2 heterocycles. The first kappa shape index (κ1) is 17.9. The number of carbonyl (C=O) groups is 1. The van der Waals surface area contributed by atoms with Crippen LogP contribution in [0.4, 0.5) is 0 Å². The molecule has 0 fully saturated rings. The molecule has 3 aromatic rings. The molecule has 0 saturated carbocycles. The normalized spacial score (nSPS) is 16.3. The van der Waals surface area contributed by atoms with Crippen molar-refractivity contribution in [3.63, 3.8) is 0 Å². The lowest BCUT2D eigenvalue weighted by molar-refractivity contribution is 0.0526. The van der Waals surface area contributed by atoms with E-state index >= 15 is 0 Å². The van der Waals surface area contributed by atoms with Crippen molar-refractivity contribution in [3.8, 4) is 0 Å². The van der Waals surface area contributed by atoms with Crippen molar-refractivity contribution in [3.05, 3.63) is 62.5 Å². The smallest absolute Gasteiger partial charge is 0.338 e. The number of esters is 1. The monoisotopic (exact) mass is 382 g/mol. The van der Waals surface area contributed by atoms with Crippen LogP contribution < -0.4 is 5.56 Å². The number of fused-ring (bicyclic) bond motifs is 3. The minimum absolute atomic E-state index is 0.00795. The molecule has 0 amide bonds. The zero-order valence-corrected chi connectivity index (χ0v) is 16.3. The number of aryl methyl sites for hydroxylation is 1. The zero-order valence-electron chi connectivity index (χ0n) is 15.5. The number of nitrogens with zero attached hydrogens (tertiary/aromatic N) is 2. The van der Waals surface area contributed by atoms with Crippen molar-refractivity contribution >= 4 is 27.5 Å². The Hall–Kier alpha value is -2.47. The number of ether oxygens (including phenoxy) is 1. The van der Waals surface area contributed by atoms with Gasteiger partial charge in [0, 0.05) is 4.88 Å². The molecule has 0 unspecified atom stereocenters. The minimum Gasteiger partial charge on any atom is -0.462 e. The second-order valence-electron chi connectivity index (χ2n) is 7.13. The second-order valence-corrected chi connectivity index (χ2v) is 8.21. The third-order valence-corrected chi connectivity index (χ3v) is 6.24. The Bertz CT molecular complexity index is 1070. The van der Waals surface area contributed by atoms with Gasteiger partial charge in [-0.25, -0.2) is 9.78 Å². The van der Waals surface area contributed by atoms with Gasteiger partial charge in [-0.1, -0.05) is 19.1 Å². The quantitative estimate of drug-likeness (QED) is 0.644. The molecule has 1 aliphatic rings. The summed E-state index contributed by atoms with van der Waals surface area (Å²) in [5.74, 6) is 0.319. The van der Waals surface area contributed by atoms with E-state index in [0.717, 1.165) is 35.0 Å². The molecule has 0 N–H and O–H groups in total. The second kappa shape index (κ2) is 7.27. The molecular weight excluding hydrogens is 360 g/mol. The van der Waals surface area contributed by atoms with Crippen molar-refractivity contribution < 1.29 is 9.53 Å². The maximum Gasteiger partial charge on any atom is 0.338 e. The molecule has 5 nitrogen and oxygen atoms in total. The summed E-state index contributed by atoms with van der Waals surface area (Å²) < 4.78 is 6.69. The molecule has 27 heavy (non-hydrogen) atoms. The Labute approximate surface area is 161 Å². The Kier molecular flexibility index (Phi) is 4.83. The van der Waals surface area contributed by atoms with Gasteiger partial charge in [-0.3, -0.25) is 9.36 Å². The van der Waals surface area contributed by atoms with E-state index in [9.17, 15) is 9.59 Å². The van der Waals surface area contributed by atoms with Crippen molar-refractivity contribution in [1.82, 2.24) is 9.55 Å². The summed E-state index contributed by atoms with van der Waals surface area (Å²) >= 11 is 1.66. The summed E-state index contributed by atoms with van der Waals surface area (Å²) in [7, 11) is 0. The highest BCUT2D eigenvalue weighted by Gasteiger charge is 2.23. The van der Waals surface area contributed by atoms with Gasteiger partial charge in [0.1, 0.15) is 4.83 Å². The lowest BCUT2D eigenvalue weighted by Crippen LogP contribution is -2.22. The van der Waals surface area contributed by atoms with E-state index in [2.05, 4.69) is 11.9 Å². The van der Waals surface area contributed by atoms with Crippen LogP contribution >= 0.6 is 11.3 Å². The predicted molar refractivity (Wildman–Crippen MR) is 107 cm³/mol. The van der Waals surface area contributed by atoms with Gasteiger partial charge in [0.15, 0.2) is 0 Å². The van der Waals surface area contributed by atoms with Crippen LogP contribution in [-0.2, 0) is 24.1 Å². The highest BCUT2D eigenvalue weighted by molar-refractivity contribution is 7.18. The maximum absolute atomic E-state index is 13.1. The molecule has 0 aliphatic heterocycles. The van der Waals surface area contributed by atoms with Crippen LogP contribution in [0.1, 0.15) is 46.6 Å². The van der Waals surface area contributed by atoms with Crippen LogP contribution in [0, 0.1) is 5.92 Å². The van der Waals surface area contributed by atoms with Crippen LogP contribution in [0.3, 0.4) is 0 Å². The topological polar surface area (TPSA) is 61.2 Å². The fourth-order valence-corrected chi connectivity index (χ4v) is 5.03. The van der Waals surface area contributed by atoms with E-state index < -0.39 is 0 Å². The van der Waals surface area contributed by atoms with Gasteiger partial charge in [0.05, 0.1) is 30.4 Å². The van der Waals surface area contributed by atoms with E-state index in [-0.39, 0.29) is 11.5 Å². The predicted octanol–water partition coefficient (Wildman–Crippen LogP) is 3.81. The van der Waals surface area contributed by atoms with E-state index in [0.29, 0.717) is 24.6 Å². The summed E-state index contributed by atoms with van der Waals surface area (Å²) in [6.07, 6.45) is 4.73. The number of rotatable bonds is 4. The van der Waals surface area contributed by atoms with E-state index in [1.54, 1.807) is 41.3 Å². The Morgan fingerprint density at radius 3 is 3.07 bits per heavy atom. The third-order valence-electron chi connectivity index (χ3n) is 5.07. The molecule has 1 aliphatic carbocycles. The van der Waals surface area contributed by atoms with Crippen molar-refractivity contribution in [2.45, 2.75) is 39.7 Å². The lowest BCUT2D eigenvalue weighted by atomic mass is 9.89. The standard InChI is InChI=1S/C21H22N2O3S/c1-3-26-21(25)15-6-4-5-14(10-15)11-23-12-22-19-18(20(23)24)16-8-7-13(2)9-17(16)27-19/h4-6,10,12-13H,3,7-9,11H2,1-2H3/t13-/m0/s1. The molecule has 4 rings (SSSR count). The average molecular weight is 382 g/mol. The molecular formula is C21H22N2O3S. The molecule has 0 saturated heterocycles. The Balaban J connectivity index is 1.69. The van der Waals surface area contributed by atoms with Gasteiger partial charge in [-0.05, 0) is 55.4 Å². The van der Waals surface area contributed by atoms with Crippen LogP contribution in [0.2, 0.25) is 0 Å². The highest BCUT2D eigenvalue weighted by Crippen LogP contribution is 2.35. The van der Waals surface area contributed by atoms with E-state index in [1.165, 1.54) is 10.4 Å². The van der Waals surface area contributed by atoms with Gasteiger partial charge in [-0.15, -0.1) is 11.3 Å². The molecule has 140 valence electrons. The van der Waals surface area contributed by atoms with Crippen LogP contribution in [0.15, 0.2) is 35.4 Å². The fourth-order valence-electron chi connectivity index (χ4n) is 3.69. The first-order valence-electron chi connectivity index (χ1n) is 9.32.